The molecule has 0 saturated heterocycles. The van der Waals surface area contributed by atoms with Gasteiger partial charge in [0.15, 0.2) is 0 Å². The quantitative estimate of drug-likeness (QED) is 0.586. The summed E-state index contributed by atoms with van der Waals surface area (Å²) in [6.45, 7) is 1.76. The van der Waals surface area contributed by atoms with Gasteiger partial charge in [0.05, 0.1) is 36.4 Å². The smallest absolute Gasteiger partial charge is 0.273 e. The number of non-ortho nitro benzene ring substituents is 1. The summed E-state index contributed by atoms with van der Waals surface area (Å²) in [6, 6.07) is 3.35. The maximum atomic E-state index is 12.3. The van der Waals surface area contributed by atoms with Crippen molar-refractivity contribution in [3.05, 3.63) is 28.3 Å². The Morgan fingerprint density at radius 1 is 1.33 bits per heavy atom. The maximum Gasteiger partial charge on any atom is 0.273 e. The molecule has 0 fully saturated rings. The molecule has 0 aromatic heterocycles. The third kappa shape index (κ3) is 4.92. The Bertz CT molecular complexity index is 632. The van der Waals surface area contributed by atoms with E-state index in [1.165, 1.54) is 30.2 Å². The number of hydrogen-bond donors (Lipinski definition) is 1. The fourth-order valence-corrected chi connectivity index (χ4v) is 1.83. The molecule has 0 aliphatic rings. The van der Waals surface area contributed by atoms with Gasteiger partial charge in [-0.2, -0.15) is 0 Å². The number of ether oxygens (including phenoxy) is 1. The van der Waals surface area contributed by atoms with Gasteiger partial charge in [0.1, 0.15) is 5.75 Å². The van der Waals surface area contributed by atoms with Gasteiger partial charge < -0.3 is 15.0 Å². The Kier molecular flexibility index (Phi) is 6.66. The number of carbonyl (C=O) groups is 2. The summed E-state index contributed by atoms with van der Waals surface area (Å²) in [5, 5.41) is 13.4. The van der Waals surface area contributed by atoms with Crippen LogP contribution in [-0.2, 0) is 9.59 Å². The molecule has 2 amide bonds. The van der Waals surface area contributed by atoms with Crippen molar-refractivity contribution in [2.75, 3.05) is 40.1 Å². The number of benzene rings is 1. The van der Waals surface area contributed by atoms with Crippen molar-refractivity contribution < 1.29 is 19.2 Å². The van der Waals surface area contributed by atoms with Crippen LogP contribution in [-0.4, -0.2) is 67.4 Å². The predicted molar refractivity (Wildman–Crippen MR) is 89.1 cm³/mol. The molecule has 9 heteroatoms. The molecule has 0 spiro atoms. The number of nitrogens with zero attached hydrogens (tertiary/aromatic N) is 3. The molecular formula is C15H22N4O5. The Morgan fingerprint density at radius 2 is 1.96 bits per heavy atom. The molecule has 0 radical (unpaired) electrons. The minimum Gasteiger partial charge on any atom is -0.494 e. The molecule has 0 heterocycles. The molecule has 1 N–H and O–H groups in total. The molecule has 0 aliphatic carbocycles. The van der Waals surface area contributed by atoms with Gasteiger partial charge in [0, 0.05) is 20.2 Å². The second-order valence-electron chi connectivity index (χ2n) is 5.51. The van der Waals surface area contributed by atoms with E-state index in [0.29, 0.717) is 5.69 Å². The van der Waals surface area contributed by atoms with Crippen LogP contribution in [0.15, 0.2) is 18.2 Å². The van der Waals surface area contributed by atoms with Crippen LogP contribution in [0.3, 0.4) is 0 Å². The van der Waals surface area contributed by atoms with Gasteiger partial charge in [-0.15, -0.1) is 0 Å². The fraction of sp³-hybridized carbons (Fsp3) is 0.467. The third-order valence-corrected chi connectivity index (χ3v) is 3.58. The number of methoxy groups -OCH3 is 1. The summed E-state index contributed by atoms with van der Waals surface area (Å²) in [5.41, 5.74) is 0.193. The van der Waals surface area contributed by atoms with Crippen LogP contribution in [0.25, 0.3) is 0 Å². The summed E-state index contributed by atoms with van der Waals surface area (Å²) in [4.78, 5) is 37.3. The molecule has 0 bridgehead atoms. The minimum absolute atomic E-state index is 0.0962. The number of nitro benzene ring substituents is 1. The first-order valence-corrected chi connectivity index (χ1v) is 7.21. The summed E-state index contributed by atoms with van der Waals surface area (Å²) in [6.07, 6.45) is 0. The van der Waals surface area contributed by atoms with E-state index in [1.807, 2.05) is 0 Å². The Labute approximate surface area is 140 Å². The number of rotatable bonds is 7. The molecule has 24 heavy (non-hydrogen) atoms. The highest BCUT2D eigenvalue weighted by Gasteiger charge is 2.22. The number of carbonyl (C=O) groups excluding carboxylic acids is 2. The van der Waals surface area contributed by atoms with Crippen LogP contribution in [0.2, 0.25) is 0 Å². The highest BCUT2D eigenvalue weighted by molar-refractivity contribution is 5.96. The molecule has 0 unspecified atom stereocenters. The highest BCUT2D eigenvalue weighted by atomic mass is 16.6. The number of likely N-dealkylation sites (N-methyl/N-ethyl adjacent to an activating group) is 2. The van der Waals surface area contributed by atoms with Crippen molar-refractivity contribution >= 4 is 23.2 Å². The van der Waals surface area contributed by atoms with E-state index < -0.39 is 11.0 Å². The molecule has 1 aromatic carbocycles. The van der Waals surface area contributed by atoms with E-state index >= 15 is 0 Å². The SMILES string of the molecule is COc1cc([N+](=O)[O-])ccc1NC(=O)[C@H](C)N(C)CC(=O)N(C)C. The summed E-state index contributed by atoms with van der Waals surface area (Å²) >= 11 is 0. The lowest BCUT2D eigenvalue weighted by molar-refractivity contribution is -0.384. The van der Waals surface area contributed by atoms with Gasteiger partial charge in [0.25, 0.3) is 5.69 Å². The van der Waals surface area contributed by atoms with E-state index in [1.54, 1.807) is 33.0 Å². The monoisotopic (exact) mass is 338 g/mol. The lowest BCUT2D eigenvalue weighted by atomic mass is 10.2. The molecule has 0 saturated carbocycles. The molecule has 1 atom stereocenters. The first-order valence-electron chi connectivity index (χ1n) is 7.21. The van der Waals surface area contributed by atoms with Crippen molar-refractivity contribution in [2.45, 2.75) is 13.0 Å². The van der Waals surface area contributed by atoms with Gasteiger partial charge >= 0.3 is 0 Å². The zero-order chi connectivity index (χ0) is 18.4. The first kappa shape index (κ1) is 19.4. The zero-order valence-corrected chi connectivity index (χ0v) is 14.4. The van der Waals surface area contributed by atoms with Crippen LogP contribution in [0.4, 0.5) is 11.4 Å². The maximum absolute atomic E-state index is 12.3. The highest BCUT2D eigenvalue weighted by Crippen LogP contribution is 2.29. The molecule has 0 aliphatic heterocycles. The van der Waals surface area contributed by atoms with Crippen LogP contribution in [0.5, 0.6) is 5.75 Å². The second-order valence-corrected chi connectivity index (χ2v) is 5.51. The van der Waals surface area contributed by atoms with Crippen LogP contribution >= 0.6 is 0 Å². The number of anilines is 1. The van der Waals surface area contributed by atoms with Gasteiger partial charge in [-0.3, -0.25) is 24.6 Å². The summed E-state index contributed by atoms with van der Waals surface area (Å²) < 4.78 is 5.08. The molecular weight excluding hydrogens is 316 g/mol. The van der Waals surface area contributed by atoms with E-state index in [2.05, 4.69) is 5.32 Å². The van der Waals surface area contributed by atoms with E-state index in [4.69, 9.17) is 4.74 Å². The number of nitro groups is 1. The van der Waals surface area contributed by atoms with Crippen LogP contribution < -0.4 is 10.1 Å². The Balaban J connectivity index is 2.83. The van der Waals surface area contributed by atoms with Crippen LogP contribution in [0, 0.1) is 10.1 Å². The lowest BCUT2D eigenvalue weighted by Crippen LogP contribution is -2.44. The van der Waals surface area contributed by atoms with E-state index in [0.717, 1.165) is 0 Å². The van der Waals surface area contributed by atoms with Gasteiger partial charge in [-0.1, -0.05) is 0 Å². The second kappa shape index (κ2) is 8.25. The predicted octanol–water partition coefficient (Wildman–Crippen LogP) is 0.950. The standard InChI is InChI=1S/C15H22N4O5/c1-10(18(4)9-14(20)17(2)3)15(21)16-12-7-6-11(19(22)23)8-13(12)24-5/h6-8,10H,9H2,1-5H3,(H,16,21)/t10-/m0/s1. The first-order chi connectivity index (χ1) is 11.2. The average Bonchev–Trinajstić information content (AvgIpc) is 2.53. The van der Waals surface area contributed by atoms with Gasteiger partial charge in [-0.05, 0) is 20.0 Å². The Hall–Kier alpha value is -2.68. The van der Waals surface area contributed by atoms with E-state index in [-0.39, 0.29) is 29.8 Å². The Morgan fingerprint density at radius 3 is 2.46 bits per heavy atom. The molecule has 1 aromatic rings. The van der Waals surface area contributed by atoms with Crippen molar-refractivity contribution in [1.29, 1.82) is 0 Å². The lowest BCUT2D eigenvalue weighted by Gasteiger charge is -2.24. The normalized spacial score (nSPS) is 11.8. The number of nitrogens with one attached hydrogen (secondary N) is 1. The van der Waals surface area contributed by atoms with E-state index in [9.17, 15) is 19.7 Å². The summed E-state index contributed by atoms with van der Waals surface area (Å²) in [7, 11) is 6.31. The van der Waals surface area contributed by atoms with Crippen molar-refractivity contribution in [1.82, 2.24) is 9.80 Å². The third-order valence-electron chi connectivity index (χ3n) is 3.58. The van der Waals surface area contributed by atoms with Crippen molar-refractivity contribution in [3.8, 4) is 5.75 Å². The van der Waals surface area contributed by atoms with Crippen molar-refractivity contribution in [2.24, 2.45) is 0 Å². The van der Waals surface area contributed by atoms with Gasteiger partial charge in [-0.25, -0.2) is 0 Å². The largest absolute Gasteiger partial charge is 0.494 e. The fourth-order valence-electron chi connectivity index (χ4n) is 1.83. The zero-order valence-electron chi connectivity index (χ0n) is 14.4. The van der Waals surface area contributed by atoms with Crippen molar-refractivity contribution in [3.63, 3.8) is 0 Å². The number of amides is 2. The average molecular weight is 338 g/mol. The molecule has 9 nitrogen and oxygen atoms in total. The molecule has 1 rings (SSSR count). The molecule has 132 valence electrons. The topological polar surface area (TPSA) is 105 Å². The van der Waals surface area contributed by atoms with Gasteiger partial charge in [0.2, 0.25) is 11.8 Å². The number of hydrogen-bond acceptors (Lipinski definition) is 6. The van der Waals surface area contributed by atoms with Crippen LogP contribution in [0.1, 0.15) is 6.92 Å². The summed E-state index contributed by atoms with van der Waals surface area (Å²) in [5.74, 6) is -0.280. The minimum atomic E-state index is -0.575.